The van der Waals surface area contributed by atoms with E-state index in [2.05, 4.69) is 29.6 Å². The van der Waals surface area contributed by atoms with Crippen molar-refractivity contribution < 1.29 is 19.0 Å². The number of anilines is 1. The van der Waals surface area contributed by atoms with E-state index >= 15 is 0 Å². The van der Waals surface area contributed by atoms with Crippen molar-refractivity contribution in [3.63, 3.8) is 0 Å². The Bertz CT molecular complexity index is 1900. The summed E-state index contributed by atoms with van der Waals surface area (Å²) in [6, 6.07) is 31.9. The molecule has 0 saturated heterocycles. The quantitative estimate of drug-likeness (QED) is 0.115. The number of rotatable bonds is 11. The second-order valence-corrected chi connectivity index (χ2v) is 11.0. The second kappa shape index (κ2) is 14.7. The molecular formula is C37H30Cl2N2O4. The molecule has 226 valence electrons. The summed E-state index contributed by atoms with van der Waals surface area (Å²) in [5.41, 5.74) is 4.08. The van der Waals surface area contributed by atoms with Gasteiger partial charge in [0.15, 0.2) is 11.5 Å². The van der Waals surface area contributed by atoms with Crippen molar-refractivity contribution in [1.82, 2.24) is 0 Å². The van der Waals surface area contributed by atoms with Crippen LogP contribution in [0.4, 0.5) is 5.69 Å². The molecule has 8 heteroatoms. The number of nitrogens with one attached hydrogen (secondary N) is 1. The number of aryl methyl sites for hydroxylation is 1. The van der Waals surface area contributed by atoms with Gasteiger partial charge < -0.3 is 19.5 Å². The molecule has 5 aromatic carbocycles. The molecule has 1 N–H and O–H groups in total. The Morgan fingerprint density at radius 3 is 2.38 bits per heavy atom. The molecule has 0 aliphatic carbocycles. The Balaban J connectivity index is 1.29. The van der Waals surface area contributed by atoms with Crippen molar-refractivity contribution in [2.24, 2.45) is 0 Å². The highest BCUT2D eigenvalue weighted by molar-refractivity contribution is 6.32. The number of fused-ring (bicyclic) bond motifs is 1. The predicted octanol–water partition coefficient (Wildman–Crippen LogP) is 9.56. The first-order chi connectivity index (χ1) is 21.8. The Morgan fingerprint density at radius 1 is 0.889 bits per heavy atom. The Labute approximate surface area is 272 Å². The highest BCUT2D eigenvalue weighted by Gasteiger charge is 2.16. The molecule has 0 atom stereocenters. The normalized spacial score (nSPS) is 11.1. The van der Waals surface area contributed by atoms with E-state index in [9.17, 15) is 10.1 Å². The lowest BCUT2D eigenvalue weighted by Gasteiger charge is -2.17. The summed E-state index contributed by atoms with van der Waals surface area (Å²) < 4.78 is 17.9. The van der Waals surface area contributed by atoms with Gasteiger partial charge in [0, 0.05) is 16.3 Å². The number of nitrogens with zero attached hydrogens (tertiary/aromatic N) is 1. The van der Waals surface area contributed by atoms with E-state index in [-0.39, 0.29) is 5.57 Å². The molecule has 0 aliphatic heterocycles. The van der Waals surface area contributed by atoms with Crippen LogP contribution in [-0.2, 0) is 18.0 Å². The monoisotopic (exact) mass is 636 g/mol. The van der Waals surface area contributed by atoms with Crippen LogP contribution in [-0.4, -0.2) is 12.5 Å². The maximum atomic E-state index is 13.0. The highest BCUT2D eigenvalue weighted by Crippen LogP contribution is 2.38. The lowest BCUT2D eigenvalue weighted by atomic mass is 10.0. The predicted molar refractivity (Wildman–Crippen MR) is 180 cm³/mol. The van der Waals surface area contributed by atoms with Crippen molar-refractivity contribution in [2.75, 3.05) is 11.9 Å². The van der Waals surface area contributed by atoms with Gasteiger partial charge in [0.1, 0.15) is 30.6 Å². The van der Waals surface area contributed by atoms with Crippen LogP contribution >= 0.6 is 23.2 Å². The van der Waals surface area contributed by atoms with Gasteiger partial charge in [-0.3, -0.25) is 4.79 Å². The summed E-state index contributed by atoms with van der Waals surface area (Å²) in [5.74, 6) is 0.883. The number of hydrogen-bond acceptors (Lipinski definition) is 5. The Hall–Kier alpha value is -4.96. The minimum Gasteiger partial charge on any atom is -0.490 e. The number of carbonyl (C=O) groups is 1. The van der Waals surface area contributed by atoms with Crippen LogP contribution in [0.15, 0.2) is 103 Å². The Kier molecular flexibility index (Phi) is 10.3. The number of benzene rings is 5. The third-order valence-electron chi connectivity index (χ3n) is 7.07. The fraction of sp³-hybridized carbons (Fsp3) is 0.135. The number of ether oxygens (including phenoxy) is 3. The largest absolute Gasteiger partial charge is 0.490 e. The number of hydrogen-bond donors (Lipinski definition) is 1. The van der Waals surface area contributed by atoms with E-state index in [1.165, 1.54) is 6.08 Å². The van der Waals surface area contributed by atoms with Crippen LogP contribution in [0.5, 0.6) is 17.2 Å². The van der Waals surface area contributed by atoms with Crippen LogP contribution < -0.4 is 19.5 Å². The van der Waals surface area contributed by atoms with Crippen molar-refractivity contribution in [3.05, 3.63) is 135 Å². The summed E-state index contributed by atoms with van der Waals surface area (Å²) in [7, 11) is 0. The molecule has 0 fully saturated rings. The number of halogens is 2. The third-order valence-corrected chi connectivity index (χ3v) is 7.61. The van der Waals surface area contributed by atoms with Gasteiger partial charge in [-0.1, -0.05) is 71.7 Å². The third kappa shape index (κ3) is 7.96. The SMILES string of the molecule is CCOc1cc(/C=C(\C#N)C(=O)Nc2ccc(OCc3ccc(Cl)cc3)cc2)cc(Cl)c1OCc1c(C)ccc2ccccc12. The fourth-order valence-corrected chi connectivity index (χ4v) is 5.15. The maximum Gasteiger partial charge on any atom is 0.266 e. The smallest absolute Gasteiger partial charge is 0.266 e. The molecule has 6 nitrogen and oxygen atoms in total. The lowest BCUT2D eigenvalue weighted by Crippen LogP contribution is -2.13. The van der Waals surface area contributed by atoms with E-state index in [1.807, 2.05) is 44.2 Å². The van der Waals surface area contributed by atoms with E-state index in [1.54, 1.807) is 48.5 Å². The van der Waals surface area contributed by atoms with Crippen LogP contribution in [0, 0.1) is 18.3 Å². The van der Waals surface area contributed by atoms with Crippen LogP contribution in [0.1, 0.15) is 29.2 Å². The van der Waals surface area contributed by atoms with E-state index in [4.69, 9.17) is 37.4 Å². The molecule has 5 rings (SSSR count). The van der Waals surface area contributed by atoms with Gasteiger partial charge in [-0.15, -0.1) is 0 Å². The molecule has 0 unspecified atom stereocenters. The van der Waals surface area contributed by atoms with Gasteiger partial charge in [0.2, 0.25) is 0 Å². The molecule has 0 heterocycles. The molecule has 0 saturated carbocycles. The molecule has 0 radical (unpaired) electrons. The summed E-state index contributed by atoms with van der Waals surface area (Å²) in [4.78, 5) is 13.0. The van der Waals surface area contributed by atoms with Crippen LogP contribution in [0.3, 0.4) is 0 Å². The Morgan fingerprint density at radius 2 is 1.64 bits per heavy atom. The van der Waals surface area contributed by atoms with Crippen molar-refractivity contribution in [1.29, 1.82) is 5.26 Å². The molecule has 0 bridgehead atoms. The number of nitriles is 1. The second-order valence-electron chi connectivity index (χ2n) is 10.2. The van der Waals surface area contributed by atoms with Gasteiger partial charge in [-0.25, -0.2) is 0 Å². The zero-order valence-electron chi connectivity index (χ0n) is 24.8. The summed E-state index contributed by atoms with van der Waals surface area (Å²) in [6.45, 7) is 4.95. The van der Waals surface area contributed by atoms with Gasteiger partial charge >= 0.3 is 0 Å². The highest BCUT2D eigenvalue weighted by atomic mass is 35.5. The molecule has 5 aromatic rings. The molecule has 0 aromatic heterocycles. The summed E-state index contributed by atoms with van der Waals surface area (Å²) in [6.07, 6.45) is 1.46. The molecule has 0 aliphatic rings. The van der Waals surface area contributed by atoms with Gasteiger partial charge in [-0.2, -0.15) is 5.26 Å². The molecule has 1 amide bonds. The van der Waals surface area contributed by atoms with Gasteiger partial charge in [0.25, 0.3) is 5.91 Å². The van der Waals surface area contributed by atoms with Crippen LogP contribution in [0.2, 0.25) is 10.0 Å². The first-order valence-corrected chi connectivity index (χ1v) is 15.1. The van der Waals surface area contributed by atoms with Crippen LogP contribution in [0.25, 0.3) is 16.8 Å². The van der Waals surface area contributed by atoms with Gasteiger partial charge in [0.05, 0.1) is 11.6 Å². The molecule has 0 spiro atoms. The zero-order valence-corrected chi connectivity index (χ0v) is 26.3. The van der Waals surface area contributed by atoms with E-state index < -0.39 is 5.91 Å². The van der Waals surface area contributed by atoms with Gasteiger partial charge in [-0.05, 0) is 95.9 Å². The average Bonchev–Trinajstić information content (AvgIpc) is 3.04. The average molecular weight is 638 g/mol. The maximum absolute atomic E-state index is 13.0. The topological polar surface area (TPSA) is 80.6 Å². The van der Waals surface area contributed by atoms with Crippen molar-refractivity contribution >= 4 is 51.6 Å². The van der Waals surface area contributed by atoms with Crippen molar-refractivity contribution in [3.8, 4) is 23.3 Å². The number of amides is 1. The fourth-order valence-electron chi connectivity index (χ4n) is 4.75. The van der Waals surface area contributed by atoms with E-state index in [0.717, 1.165) is 27.5 Å². The summed E-state index contributed by atoms with van der Waals surface area (Å²) in [5, 5.41) is 15.8. The standard InChI is InChI=1S/C37H30Cl2N2O4/c1-3-43-35-20-26(19-34(39)36(35)45-23-33-24(2)8-11-27-6-4-5-7-32(27)33)18-28(21-40)37(42)41-30-14-16-31(17-15-30)44-22-25-9-12-29(38)13-10-25/h4-20H,3,22-23H2,1-2H3,(H,41,42)/b28-18+. The molecular weight excluding hydrogens is 607 g/mol. The zero-order chi connectivity index (χ0) is 31.8. The van der Waals surface area contributed by atoms with E-state index in [0.29, 0.717) is 58.4 Å². The minimum absolute atomic E-state index is 0.100. The van der Waals surface area contributed by atoms with Crippen molar-refractivity contribution in [2.45, 2.75) is 27.1 Å². The first-order valence-electron chi connectivity index (χ1n) is 14.3. The minimum atomic E-state index is -0.562. The summed E-state index contributed by atoms with van der Waals surface area (Å²) >= 11 is 12.6. The number of carbonyl (C=O) groups excluding carboxylic acids is 1. The first kappa shape index (κ1) is 31.5. The molecule has 45 heavy (non-hydrogen) atoms. The lowest BCUT2D eigenvalue weighted by molar-refractivity contribution is -0.112.